The summed E-state index contributed by atoms with van der Waals surface area (Å²) in [5, 5.41) is 0. The van der Waals surface area contributed by atoms with Gasteiger partial charge in [-0.1, -0.05) is 60.7 Å². The molecule has 3 rings (SSSR count). The third-order valence-corrected chi connectivity index (χ3v) is 4.46. The summed E-state index contributed by atoms with van der Waals surface area (Å²) in [6, 6.07) is 20.2. The monoisotopic (exact) mass is 308 g/mol. The Morgan fingerprint density at radius 1 is 0.783 bits per heavy atom. The SMILES string of the molecule is O=C(CCN1CCN(Cc2ccccc2)CC1)c1ccccc1. The van der Waals surface area contributed by atoms with Crippen LogP contribution in [0.3, 0.4) is 0 Å². The summed E-state index contributed by atoms with van der Waals surface area (Å²) < 4.78 is 0. The van der Waals surface area contributed by atoms with E-state index in [0.29, 0.717) is 6.42 Å². The van der Waals surface area contributed by atoms with Crippen molar-refractivity contribution in [1.29, 1.82) is 0 Å². The molecule has 0 aromatic heterocycles. The Kier molecular flexibility index (Phi) is 5.56. The van der Waals surface area contributed by atoms with Crippen molar-refractivity contribution in [3.63, 3.8) is 0 Å². The van der Waals surface area contributed by atoms with Crippen molar-refractivity contribution in [3.05, 3.63) is 71.8 Å². The van der Waals surface area contributed by atoms with Crippen LogP contribution in [0, 0.1) is 0 Å². The molecule has 1 fully saturated rings. The van der Waals surface area contributed by atoms with Crippen LogP contribution >= 0.6 is 0 Å². The van der Waals surface area contributed by atoms with Crippen molar-refractivity contribution >= 4 is 5.78 Å². The van der Waals surface area contributed by atoms with Gasteiger partial charge in [-0.3, -0.25) is 9.69 Å². The highest BCUT2D eigenvalue weighted by atomic mass is 16.1. The Balaban J connectivity index is 1.40. The second kappa shape index (κ2) is 8.04. The van der Waals surface area contributed by atoms with Gasteiger partial charge in [-0.2, -0.15) is 0 Å². The predicted molar refractivity (Wildman–Crippen MR) is 93.5 cm³/mol. The van der Waals surface area contributed by atoms with Crippen LogP contribution in [0.15, 0.2) is 60.7 Å². The van der Waals surface area contributed by atoms with E-state index in [1.807, 2.05) is 30.3 Å². The minimum Gasteiger partial charge on any atom is -0.300 e. The highest BCUT2D eigenvalue weighted by Crippen LogP contribution is 2.10. The number of benzene rings is 2. The largest absolute Gasteiger partial charge is 0.300 e. The molecule has 3 heteroatoms. The van der Waals surface area contributed by atoms with Gasteiger partial charge in [0.15, 0.2) is 5.78 Å². The zero-order chi connectivity index (χ0) is 15.9. The maximum Gasteiger partial charge on any atom is 0.164 e. The van der Waals surface area contributed by atoms with E-state index in [0.717, 1.165) is 44.8 Å². The lowest BCUT2D eigenvalue weighted by molar-refractivity contribution is 0.0922. The molecule has 1 aliphatic rings. The van der Waals surface area contributed by atoms with Gasteiger partial charge in [-0.15, -0.1) is 0 Å². The zero-order valence-corrected chi connectivity index (χ0v) is 13.5. The molecule has 2 aromatic rings. The van der Waals surface area contributed by atoms with Gasteiger partial charge in [0.2, 0.25) is 0 Å². The maximum absolute atomic E-state index is 12.2. The third-order valence-electron chi connectivity index (χ3n) is 4.46. The van der Waals surface area contributed by atoms with Crippen LogP contribution in [-0.4, -0.2) is 48.3 Å². The van der Waals surface area contributed by atoms with Crippen LogP contribution in [0.1, 0.15) is 22.3 Å². The summed E-state index contributed by atoms with van der Waals surface area (Å²) in [6.07, 6.45) is 0.614. The van der Waals surface area contributed by atoms with Crippen molar-refractivity contribution < 1.29 is 4.79 Å². The van der Waals surface area contributed by atoms with Crippen LogP contribution in [0.5, 0.6) is 0 Å². The third kappa shape index (κ3) is 4.75. The summed E-state index contributed by atoms with van der Waals surface area (Å²) in [7, 11) is 0. The highest BCUT2D eigenvalue weighted by Gasteiger charge is 2.17. The first-order chi connectivity index (χ1) is 11.3. The molecule has 2 aromatic carbocycles. The number of ketones is 1. The van der Waals surface area contributed by atoms with E-state index < -0.39 is 0 Å². The molecule has 1 aliphatic heterocycles. The Bertz CT molecular complexity index is 604. The number of rotatable bonds is 6. The van der Waals surface area contributed by atoms with E-state index in [4.69, 9.17) is 0 Å². The number of hydrogen-bond donors (Lipinski definition) is 0. The number of Topliss-reactive ketones (excluding diaryl/α,β-unsaturated/α-hetero) is 1. The van der Waals surface area contributed by atoms with Crippen LogP contribution in [-0.2, 0) is 6.54 Å². The summed E-state index contributed by atoms with van der Waals surface area (Å²) in [6.45, 7) is 6.15. The normalized spacial score (nSPS) is 16.3. The molecule has 0 atom stereocenters. The first-order valence-electron chi connectivity index (χ1n) is 8.38. The van der Waals surface area contributed by atoms with Crippen molar-refractivity contribution in [3.8, 4) is 0 Å². The molecule has 120 valence electrons. The van der Waals surface area contributed by atoms with Gasteiger partial charge >= 0.3 is 0 Å². The Morgan fingerprint density at radius 2 is 1.35 bits per heavy atom. The zero-order valence-electron chi connectivity index (χ0n) is 13.5. The second-order valence-electron chi connectivity index (χ2n) is 6.14. The van der Waals surface area contributed by atoms with Crippen LogP contribution in [0.25, 0.3) is 0 Å². The van der Waals surface area contributed by atoms with E-state index in [1.165, 1.54) is 5.56 Å². The average Bonchev–Trinajstić information content (AvgIpc) is 2.62. The fourth-order valence-electron chi connectivity index (χ4n) is 3.04. The first kappa shape index (κ1) is 15.9. The van der Waals surface area contributed by atoms with Gasteiger partial charge in [-0.05, 0) is 5.56 Å². The molecular weight excluding hydrogens is 284 g/mol. The van der Waals surface area contributed by atoms with Crippen molar-refractivity contribution in [1.82, 2.24) is 9.80 Å². The van der Waals surface area contributed by atoms with Crippen molar-refractivity contribution in [2.45, 2.75) is 13.0 Å². The molecular formula is C20H24N2O. The quantitative estimate of drug-likeness (QED) is 0.766. The lowest BCUT2D eigenvalue weighted by Crippen LogP contribution is -2.46. The smallest absolute Gasteiger partial charge is 0.164 e. The number of piperazine rings is 1. The standard InChI is InChI=1S/C20H24N2O/c23-20(19-9-5-2-6-10-19)11-12-21-13-15-22(16-14-21)17-18-7-3-1-4-8-18/h1-10H,11-17H2. The molecule has 0 radical (unpaired) electrons. The Morgan fingerprint density at radius 3 is 2.00 bits per heavy atom. The number of carbonyl (C=O) groups excluding carboxylic acids is 1. The lowest BCUT2D eigenvalue weighted by atomic mass is 10.1. The molecule has 0 bridgehead atoms. The molecule has 23 heavy (non-hydrogen) atoms. The highest BCUT2D eigenvalue weighted by molar-refractivity contribution is 5.96. The molecule has 1 saturated heterocycles. The van der Waals surface area contributed by atoms with Crippen LogP contribution in [0.2, 0.25) is 0 Å². The van der Waals surface area contributed by atoms with Gasteiger partial charge in [-0.25, -0.2) is 0 Å². The molecule has 0 spiro atoms. The molecule has 0 saturated carbocycles. The Labute approximate surface area is 138 Å². The van der Waals surface area contributed by atoms with Gasteiger partial charge < -0.3 is 4.90 Å². The fourth-order valence-corrected chi connectivity index (χ4v) is 3.04. The van der Waals surface area contributed by atoms with Gasteiger partial charge in [0.05, 0.1) is 0 Å². The van der Waals surface area contributed by atoms with Gasteiger partial charge in [0, 0.05) is 51.3 Å². The Hall–Kier alpha value is -1.97. The molecule has 0 amide bonds. The predicted octanol–water partition coefficient (Wildman–Crippen LogP) is 3.08. The fraction of sp³-hybridized carbons (Fsp3) is 0.350. The van der Waals surface area contributed by atoms with Crippen molar-refractivity contribution in [2.75, 3.05) is 32.7 Å². The molecule has 3 nitrogen and oxygen atoms in total. The molecule has 1 heterocycles. The van der Waals surface area contributed by atoms with Gasteiger partial charge in [0.25, 0.3) is 0 Å². The van der Waals surface area contributed by atoms with Crippen molar-refractivity contribution in [2.24, 2.45) is 0 Å². The molecule has 0 aliphatic carbocycles. The van der Waals surface area contributed by atoms with E-state index in [1.54, 1.807) is 0 Å². The van der Waals surface area contributed by atoms with E-state index in [9.17, 15) is 4.79 Å². The number of hydrogen-bond acceptors (Lipinski definition) is 3. The maximum atomic E-state index is 12.2. The second-order valence-corrected chi connectivity index (χ2v) is 6.14. The average molecular weight is 308 g/mol. The van der Waals surface area contributed by atoms with Gasteiger partial charge in [0.1, 0.15) is 0 Å². The summed E-state index contributed by atoms with van der Waals surface area (Å²) >= 11 is 0. The van der Waals surface area contributed by atoms with E-state index in [2.05, 4.69) is 40.1 Å². The summed E-state index contributed by atoms with van der Waals surface area (Å²) in [5.74, 6) is 0.248. The minimum atomic E-state index is 0.248. The topological polar surface area (TPSA) is 23.6 Å². The lowest BCUT2D eigenvalue weighted by Gasteiger charge is -2.34. The summed E-state index contributed by atoms with van der Waals surface area (Å²) in [4.78, 5) is 17.1. The summed E-state index contributed by atoms with van der Waals surface area (Å²) in [5.41, 5.74) is 2.20. The number of nitrogens with zero attached hydrogens (tertiary/aromatic N) is 2. The number of carbonyl (C=O) groups is 1. The van der Waals surface area contributed by atoms with E-state index in [-0.39, 0.29) is 5.78 Å². The minimum absolute atomic E-state index is 0.248. The van der Waals surface area contributed by atoms with Crippen LogP contribution < -0.4 is 0 Å². The van der Waals surface area contributed by atoms with Crippen LogP contribution in [0.4, 0.5) is 0 Å². The first-order valence-corrected chi connectivity index (χ1v) is 8.38. The molecule has 0 N–H and O–H groups in total. The molecule has 0 unspecified atom stereocenters. The van der Waals surface area contributed by atoms with E-state index >= 15 is 0 Å².